The molecule has 0 bridgehead atoms. The zero-order valence-corrected chi connectivity index (χ0v) is 4.13. The fourth-order valence-electron chi connectivity index (χ4n) is 0.620. The van der Waals surface area contributed by atoms with E-state index in [1.54, 1.807) is 0 Å². The zero-order chi connectivity index (χ0) is 5.11. The fraction of sp³-hybridized carbons (Fsp3) is 0.600. The maximum absolute atomic E-state index is 10.3. The van der Waals surface area contributed by atoms with Crippen LogP contribution in [0.5, 0.6) is 0 Å². The summed E-state index contributed by atoms with van der Waals surface area (Å²) in [6.45, 7) is 1.26. The normalized spacial score (nSPS) is 20.3. The predicted octanol–water partition coefficient (Wildman–Crippen LogP) is 0.725. The van der Waals surface area contributed by atoms with Crippen LogP contribution in [0.3, 0.4) is 0 Å². The highest BCUT2D eigenvalue weighted by molar-refractivity contribution is 4.83. The molecular weight excluding hydrogens is 90.1 g/mol. The Morgan fingerprint density at radius 3 is 2.57 bits per heavy atom. The third-order valence-electron chi connectivity index (χ3n) is 1.02. The lowest BCUT2D eigenvalue weighted by atomic mass is 10.3. The van der Waals surface area contributed by atoms with Gasteiger partial charge >= 0.3 is 0 Å². The molecule has 1 aliphatic rings. The third kappa shape index (κ3) is 1.11. The van der Waals surface area contributed by atoms with E-state index in [1.807, 2.05) is 12.2 Å². The van der Waals surface area contributed by atoms with E-state index in [0.29, 0.717) is 13.1 Å². The summed E-state index contributed by atoms with van der Waals surface area (Å²) in [5, 5.41) is 0. The van der Waals surface area contributed by atoms with Crippen molar-refractivity contribution in [3.8, 4) is 0 Å². The second-order valence-corrected chi connectivity index (χ2v) is 1.65. The molecule has 1 rings (SSSR count). The van der Waals surface area contributed by atoms with Crippen LogP contribution in [-0.2, 0) is 0 Å². The molecule has 1 aliphatic heterocycles. The molecular formula is C5H8NO+. The summed E-state index contributed by atoms with van der Waals surface area (Å²) in [6.07, 6.45) is 4.86. The third-order valence-corrected chi connectivity index (χ3v) is 1.02. The first-order valence-electron chi connectivity index (χ1n) is 2.46. The van der Waals surface area contributed by atoms with Gasteiger partial charge in [-0.2, -0.15) is 0 Å². The molecule has 0 aromatic carbocycles. The molecule has 0 saturated heterocycles. The van der Waals surface area contributed by atoms with Crippen LogP contribution < -0.4 is 0 Å². The molecule has 0 aromatic heterocycles. The van der Waals surface area contributed by atoms with Gasteiger partial charge in [-0.15, -0.1) is 0 Å². The van der Waals surface area contributed by atoms with Crippen molar-refractivity contribution >= 4 is 0 Å². The molecule has 0 aliphatic carbocycles. The summed E-state index contributed by atoms with van der Waals surface area (Å²) in [5.41, 5.74) is 0. The van der Waals surface area contributed by atoms with Crippen molar-refractivity contribution in [2.45, 2.75) is 6.42 Å². The van der Waals surface area contributed by atoms with E-state index >= 15 is 0 Å². The van der Waals surface area contributed by atoms with E-state index in [-0.39, 0.29) is 0 Å². The quantitative estimate of drug-likeness (QED) is 0.323. The summed E-state index contributed by atoms with van der Waals surface area (Å²) in [5.74, 6) is 0. The van der Waals surface area contributed by atoms with E-state index < -0.39 is 0 Å². The van der Waals surface area contributed by atoms with Gasteiger partial charge in [-0.1, -0.05) is 6.08 Å². The molecule has 2 heteroatoms. The number of hydrogen-bond donors (Lipinski definition) is 0. The zero-order valence-electron chi connectivity index (χ0n) is 4.13. The molecule has 0 aromatic rings. The van der Waals surface area contributed by atoms with Gasteiger partial charge in [0.2, 0.25) is 6.54 Å². The van der Waals surface area contributed by atoms with Crippen molar-refractivity contribution in [2.24, 2.45) is 0 Å². The molecule has 1 heterocycles. The van der Waals surface area contributed by atoms with Crippen molar-refractivity contribution in [3.05, 3.63) is 17.1 Å². The standard InChI is InChI=1S/C5H8NO/c7-6-4-2-1-3-5-6/h1-2H,3-5H2/q+1. The van der Waals surface area contributed by atoms with Gasteiger partial charge in [0.05, 0.1) is 0 Å². The van der Waals surface area contributed by atoms with E-state index in [1.165, 1.54) is 0 Å². The monoisotopic (exact) mass is 98.1 g/mol. The van der Waals surface area contributed by atoms with Gasteiger partial charge in [0.25, 0.3) is 0 Å². The van der Waals surface area contributed by atoms with Crippen molar-refractivity contribution in [1.82, 2.24) is 0 Å². The lowest BCUT2D eigenvalue weighted by Gasteiger charge is -1.91. The molecule has 0 atom stereocenters. The molecule has 0 radical (unpaired) electrons. The van der Waals surface area contributed by atoms with E-state index in [0.717, 1.165) is 11.2 Å². The Kier molecular flexibility index (Phi) is 1.20. The van der Waals surface area contributed by atoms with Gasteiger partial charge in [-0.05, 0) is 6.08 Å². The average molecular weight is 98.1 g/mol. The molecule has 0 N–H and O–H groups in total. The van der Waals surface area contributed by atoms with Gasteiger partial charge in [0.1, 0.15) is 0 Å². The Morgan fingerprint density at radius 1 is 1.43 bits per heavy atom. The SMILES string of the molecule is O=[N+]1CC=CCC1. The molecule has 0 unspecified atom stereocenters. The molecule has 0 saturated carbocycles. The second kappa shape index (κ2) is 1.87. The maximum atomic E-state index is 10.3. The van der Waals surface area contributed by atoms with Gasteiger partial charge in [-0.25, -0.2) is 0 Å². The molecule has 0 fully saturated rings. The first-order valence-corrected chi connectivity index (χ1v) is 2.46. The highest BCUT2D eigenvalue weighted by Gasteiger charge is 2.06. The van der Waals surface area contributed by atoms with E-state index in [2.05, 4.69) is 0 Å². The van der Waals surface area contributed by atoms with E-state index in [9.17, 15) is 4.91 Å². The maximum Gasteiger partial charge on any atom is 0.210 e. The molecule has 38 valence electrons. The largest absolute Gasteiger partial charge is 0.210 e. The lowest BCUT2D eigenvalue weighted by Crippen LogP contribution is -2.12. The topological polar surface area (TPSA) is 20.1 Å². The first-order chi connectivity index (χ1) is 3.39. The molecule has 0 spiro atoms. The molecule has 0 amide bonds. The van der Waals surface area contributed by atoms with Crippen LogP contribution >= 0.6 is 0 Å². The minimum Gasteiger partial charge on any atom is -0.0758 e. The minimum absolute atomic E-state index is 0.583. The van der Waals surface area contributed by atoms with Crippen molar-refractivity contribution in [2.75, 3.05) is 13.1 Å². The summed E-state index contributed by atoms with van der Waals surface area (Å²) < 4.78 is 1.06. The average Bonchev–Trinajstić information content (AvgIpc) is 1.69. The number of hydrogen-bond acceptors (Lipinski definition) is 1. The number of nitrogens with zero attached hydrogens (tertiary/aromatic N) is 1. The summed E-state index contributed by atoms with van der Waals surface area (Å²) in [6, 6.07) is 0. The van der Waals surface area contributed by atoms with Crippen LogP contribution in [0.4, 0.5) is 0 Å². The summed E-state index contributed by atoms with van der Waals surface area (Å²) in [7, 11) is 0. The highest BCUT2D eigenvalue weighted by atomic mass is 16.3. The Hall–Kier alpha value is -0.660. The van der Waals surface area contributed by atoms with Crippen LogP contribution in [0.1, 0.15) is 6.42 Å². The van der Waals surface area contributed by atoms with Crippen molar-refractivity contribution in [1.29, 1.82) is 0 Å². The van der Waals surface area contributed by atoms with Crippen LogP contribution in [0, 0.1) is 4.91 Å². The van der Waals surface area contributed by atoms with Gasteiger partial charge < -0.3 is 0 Å². The van der Waals surface area contributed by atoms with Crippen LogP contribution in [0.2, 0.25) is 0 Å². The second-order valence-electron chi connectivity index (χ2n) is 1.65. The van der Waals surface area contributed by atoms with E-state index in [4.69, 9.17) is 0 Å². The minimum atomic E-state index is 0.583. The number of rotatable bonds is 0. The first kappa shape index (κ1) is 4.50. The van der Waals surface area contributed by atoms with Gasteiger partial charge in [0.15, 0.2) is 6.54 Å². The van der Waals surface area contributed by atoms with Gasteiger partial charge in [0, 0.05) is 16.1 Å². The Labute approximate surface area is 42.4 Å². The van der Waals surface area contributed by atoms with Crippen molar-refractivity contribution < 1.29 is 4.76 Å². The van der Waals surface area contributed by atoms with Crippen molar-refractivity contribution in [3.63, 3.8) is 0 Å². The highest BCUT2D eigenvalue weighted by Crippen LogP contribution is 1.91. The predicted molar refractivity (Wildman–Crippen MR) is 27.1 cm³/mol. The molecule has 7 heavy (non-hydrogen) atoms. The van der Waals surface area contributed by atoms with Gasteiger partial charge in [-0.3, -0.25) is 0 Å². The lowest BCUT2D eigenvalue weighted by molar-refractivity contribution is -0.540. The summed E-state index contributed by atoms with van der Waals surface area (Å²) >= 11 is 0. The smallest absolute Gasteiger partial charge is 0.0758 e. The number of nitroso groups, excluding NO2 is 1. The Morgan fingerprint density at radius 2 is 2.29 bits per heavy atom. The molecule has 2 nitrogen and oxygen atoms in total. The van der Waals surface area contributed by atoms with Crippen LogP contribution in [0.25, 0.3) is 0 Å². The Bertz CT molecular complexity index is 107. The summed E-state index contributed by atoms with van der Waals surface area (Å²) in [4.78, 5) is 10.3. The van der Waals surface area contributed by atoms with Crippen LogP contribution in [0.15, 0.2) is 12.2 Å². The Balaban J connectivity index is 2.47. The van der Waals surface area contributed by atoms with Crippen LogP contribution in [-0.4, -0.2) is 17.8 Å². The fourth-order valence-corrected chi connectivity index (χ4v) is 0.620.